The van der Waals surface area contributed by atoms with Gasteiger partial charge >= 0.3 is 0 Å². The van der Waals surface area contributed by atoms with Crippen molar-refractivity contribution in [2.45, 2.75) is 52.4 Å². The highest BCUT2D eigenvalue weighted by Gasteiger charge is 2.46. The van der Waals surface area contributed by atoms with Crippen molar-refractivity contribution in [3.05, 3.63) is 381 Å². The van der Waals surface area contributed by atoms with Gasteiger partial charge in [0.15, 0.2) is 0 Å². The maximum absolute atomic E-state index is 11.1. The summed E-state index contributed by atoms with van der Waals surface area (Å²) in [5.41, 5.74) is 34.1. The van der Waals surface area contributed by atoms with E-state index in [2.05, 4.69) is 418 Å². The molecule has 0 spiro atoms. The normalized spacial score (nSPS) is 12.5. The van der Waals surface area contributed by atoms with Gasteiger partial charge in [-0.05, 0) is 185 Å². The van der Waals surface area contributed by atoms with E-state index in [4.69, 9.17) is 0 Å². The van der Waals surface area contributed by atoms with Crippen LogP contribution in [0.1, 0.15) is 58.2 Å². The molecule has 16 aromatic carbocycles. The van der Waals surface area contributed by atoms with Gasteiger partial charge in [0.2, 0.25) is 0 Å². The van der Waals surface area contributed by atoms with Gasteiger partial charge in [-0.25, -0.2) is 0 Å². The van der Waals surface area contributed by atoms with E-state index in [1.165, 1.54) is 49.1 Å². The Kier molecular flexibility index (Phi) is 15.8. The van der Waals surface area contributed by atoms with Crippen LogP contribution in [0.3, 0.4) is 0 Å². The second-order valence-electron chi connectivity index (χ2n) is 31.9. The van der Waals surface area contributed by atoms with Crippen molar-refractivity contribution in [1.82, 2.24) is 9.13 Å². The van der Waals surface area contributed by atoms with E-state index in [0.717, 1.165) is 145 Å². The van der Waals surface area contributed by atoms with Gasteiger partial charge in [0.05, 0.1) is 45.1 Å². The summed E-state index contributed by atoms with van der Waals surface area (Å²) < 4.78 is 4.97. The first-order chi connectivity index (χ1) is 54.3. The van der Waals surface area contributed by atoms with E-state index < -0.39 is 0 Å². The van der Waals surface area contributed by atoms with Crippen molar-refractivity contribution in [2.24, 2.45) is 0 Å². The Morgan fingerprint density at radius 2 is 0.595 bits per heavy atom. The van der Waals surface area contributed by atoms with Crippen molar-refractivity contribution < 1.29 is 0 Å². The molecule has 0 N–H and O–H groups in total. The van der Waals surface area contributed by atoms with Crippen LogP contribution in [0.25, 0.3) is 133 Å². The molecule has 4 heterocycles. The van der Waals surface area contributed by atoms with Gasteiger partial charge in [0, 0.05) is 77.9 Å². The van der Waals surface area contributed by atoms with Gasteiger partial charge in [-0.3, -0.25) is 0 Å². The third kappa shape index (κ3) is 11.1. The second kappa shape index (κ2) is 26.3. The molecule has 2 aliphatic rings. The quantitative estimate of drug-likeness (QED) is 0.121. The third-order valence-corrected chi connectivity index (χ3v) is 23.2. The minimum Gasteiger partial charge on any atom is -0.310 e. The molecule has 526 valence electrons. The molecule has 20 rings (SSSR count). The zero-order valence-corrected chi connectivity index (χ0v) is 63.0. The molecule has 2 aliphatic heterocycles. The van der Waals surface area contributed by atoms with Gasteiger partial charge < -0.3 is 18.9 Å². The molecule has 0 aliphatic carbocycles. The smallest absolute Gasteiger partial charge is 0.252 e. The Labute approximate surface area is 649 Å². The van der Waals surface area contributed by atoms with Gasteiger partial charge in [0.25, 0.3) is 6.71 Å². The van der Waals surface area contributed by atoms with Crippen molar-refractivity contribution in [2.75, 3.05) is 9.80 Å². The van der Waals surface area contributed by atoms with Crippen LogP contribution in [0.5, 0.6) is 0 Å². The van der Waals surface area contributed by atoms with Crippen LogP contribution in [0.4, 0.5) is 34.1 Å². The molecule has 0 atom stereocenters. The Morgan fingerprint density at radius 1 is 0.261 bits per heavy atom. The summed E-state index contributed by atoms with van der Waals surface area (Å²) in [7, 11) is 0. The molecule has 0 bridgehead atoms. The number of nitrogens with zero attached hydrogens (tertiary/aromatic N) is 5. The fourth-order valence-corrected chi connectivity index (χ4v) is 17.9. The summed E-state index contributed by atoms with van der Waals surface area (Å²) in [5.74, 6) is 0. The number of nitriles is 1. The average Bonchev–Trinajstić information content (AvgIpc) is 1.28. The molecule has 0 saturated carbocycles. The zero-order valence-electron chi connectivity index (χ0n) is 63.0. The predicted octanol–water partition coefficient (Wildman–Crippen LogP) is 26.1. The number of hydrogen-bond acceptors (Lipinski definition) is 3. The number of anilines is 6. The summed E-state index contributed by atoms with van der Waals surface area (Å²) in [4.78, 5) is 5.38. The van der Waals surface area contributed by atoms with Crippen LogP contribution in [-0.2, 0) is 10.8 Å². The molecule has 0 radical (unpaired) electrons. The second-order valence-corrected chi connectivity index (χ2v) is 31.9. The third-order valence-electron chi connectivity index (χ3n) is 23.2. The van der Waals surface area contributed by atoms with Crippen molar-refractivity contribution in [3.8, 4) is 95.3 Å². The first-order valence-corrected chi connectivity index (χ1v) is 38.6. The van der Waals surface area contributed by atoms with Crippen LogP contribution < -0.4 is 26.2 Å². The molecule has 6 heteroatoms. The highest BCUT2D eigenvalue weighted by Crippen LogP contribution is 2.56. The number of rotatable bonds is 11. The highest BCUT2D eigenvalue weighted by molar-refractivity contribution is 7.00. The topological polar surface area (TPSA) is 40.1 Å². The van der Waals surface area contributed by atoms with Crippen LogP contribution in [0.2, 0.25) is 0 Å². The predicted molar refractivity (Wildman–Crippen MR) is 469 cm³/mol. The SMILES string of the molecule is CC(C)(C)c1cccc(-c2cc(-c3ccccc3)cc(-c3ccccc3)c2N2c3cc(-n4c5ccccc5c5ccccc54)ccc3B3c4ccc(-n5c6ccccc6c6ccccc65)cc4N(c4c(-c5ccccc5)cc(-c5ccccc5C#N)cc4-c4cccc(C(C)(C)C)c4)c4cc(-c5ccccc5)cc2c43)c1. The number of fused-ring (bicyclic) bond motifs is 10. The minimum absolute atomic E-state index is 0.165. The molecule has 2 aromatic heterocycles. The highest BCUT2D eigenvalue weighted by atomic mass is 15.2. The summed E-state index contributed by atoms with van der Waals surface area (Å²) in [5, 5.41) is 15.9. The molecule has 0 fully saturated rings. The number of benzene rings is 16. The van der Waals surface area contributed by atoms with Crippen LogP contribution in [0.15, 0.2) is 364 Å². The molecule has 5 nitrogen and oxygen atoms in total. The van der Waals surface area contributed by atoms with E-state index in [1.807, 2.05) is 12.1 Å². The Hall–Kier alpha value is -13.7. The van der Waals surface area contributed by atoms with Crippen molar-refractivity contribution in [1.29, 1.82) is 5.26 Å². The Balaban J connectivity index is 0.993. The molecule has 18 aromatic rings. The lowest BCUT2D eigenvalue weighted by atomic mass is 9.33. The Bertz CT molecular complexity index is 6700. The monoisotopic (exact) mass is 1420 g/mol. The molecule has 0 unspecified atom stereocenters. The van der Waals surface area contributed by atoms with E-state index in [1.54, 1.807) is 0 Å². The molecule has 0 amide bonds. The maximum atomic E-state index is 11.1. The minimum atomic E-state index is -0.331. The lowest BCUT2D eigenvalue weighted by molar-refractivity contribution is 0.590. The molecule has 0 saturated heterocycles. The summed E-state index contributed by atoms with van der Waals surface area (Å²) in [6.45, 7) is 13.6. The fraction of sp³-hybridized carbons (Fsp3) is 0.0762. The van der Waals surface area contributed by atoms with Gasteiger partial charge in [0.1, 0.15) is 0 Å². The summed E-state index contributed by atoms with van der Waals surface area (Å²) in [6.07, 6.45) is 0. The number of aromatic nitrogens is 2. The van der Waals surface area contributed by atoms with E-state index in [-0.39, 0.29) is 17.5 Å². The maximum Gasteiger partial charge on any atom is 0.252 e. The standard InChI is InChI=1S/C105H78BN5/c1-104(2,3)78-42-29-40-72(57-78)89-60-75(68-31-11-7-12-32-68)59-87(70-35-15-9-16-36-70)102(89)110-97-65-80(108-93-49-25-21-45-83(93)84-46-22-26-50-94(84)108)53-55-91(97)106-92-56-54-81(109-95-51-27-23-47-85(95)86-48-24-28-52-96(86)109)66-98(92)111(100-64-76(63-99(110)101(100)106)69-33-13-8-14-34-69)103-88(71-37-17-10-18-38-71)61-77(82-44-20-19-39-74(82)67-107)62-90(103)73-41-30-43-79(58-73)105(4,5)6/h7-66H,1-6H3. The zero-order chi connectivity index (χ0) is 74.8. The van der Waals surface area contributed by atoms with Gasteiger partial charge in [-0.2, -0.15) is 5.26 Å². The van der Waals surface area contributed by atoms with Gasteiger partial charge in [-0.1, -0.05) is 315 Å². The number of para-hydroxylation sites is 4. The largest absolute Gasteiger partial charge is 0.310 e. The van der Waals surface area contributed by atoms with Crippen LogP contribution in [0, 0.1) is 11.3 Å². The number of hydrogen-bond donors (Lipinski definition) is 0. The van der Waals surface area contributed by atoms with Crippen molar-refractivity contribution >= 4 is 101 Å². The Morgan fingerprint density at radius 3 is 0.991 bits per heavy atom. The van der Waals surface area contributed by atoms with Crippen LogP contribution >= 0.6 is 0 Å². The molecular formula is C105H78BN5. The average molecular weight is 1420 g/mol. The van der Waals surface area contributed by atoms with Crippen LogP contribution in [-0.4, -0.2) is 15.8 Å². The van der Waals surface area contributed by atoms with Crippen molar-refractivity contribution in [3.63, 3.8) is 0 Å². The summed E-state index contributed by atoms with van der Waals surface area (Å²) >= 11 is 0. The fourth-order valence-electron chi connectivity index (χ4n) is 17.9. The first kappa shape index (κ1) is 66.7. The van der Waals surface area contributed by atoms with E-state index >= 15 is 0 Å². The lowest BCUT2D eigenvalue weighted by Crippen LogP contribution is -2.61. The molecular weight excluding hydrogens is 1340 g/mol. The van der Waals surface area contributed by atoms with Gasteiger partial charge in [-0.15, -0.1) is 0 Å². The first-order valence-electron chi connectivity index (χ1n) is 38.6. The molecule has 111 heavy (non-hydrogen) atoms. The summed E-state index contributed by atoms with van der Waals surface area (Å²) in [6, 6.07) is 138. The van der Waals surface area contributed by atoms with E-state index in [9.17, 15) is 5.26 Å². The van der Waals surface area contributed by atoms with E-state index in [0.29, 0.717) is 5.56 Å². The lowest BCUT2D eigenvalue weighted by Gasteiger charge is -2.46.